The first-order valence-electron chi connectivity index (χ1n) is 6.75. The van der Waals surface area contributed by atoms with Crippen molar-refractivity contribution in [3.05, 3.63) is 40.9 Å². The summed E-state index contributed by atoms with van der Waals surface area (Å²) in [6.45, 7) is 0. The van der Waals surface area contributed by atoms with Gasteiger partial charge < -0.3 is 5.32 Å². The van der Waals surface area contributed by atoms with Gasteiger partial charge in [-0.1, -0.05) is 28.1 Å². The Balaban J connectivity index is 1.62. The number of fused-ring (bicyclic) bond motifs is 2. The van der Waals surface area contributed by atoms with Crippen molar-refractivity contribution in [3.63, 3.8) is 0 Å². The molecule has 4 rings (SSSR count). The second-order valence-electron chi connectivity index (χ2n) is 5.69. The molecule has 0 saturated heterocycles. The highest BCUT2D eigenvalue weighted by molar-refractivity contribution is 9.10. The van der Waals surface area contributed by atoms with Crippen LogP contribution in [0, 0.1) is 11.8 Å². The van der Waals surface area contributed by atoms with E-state index in [9.17, 15) is 0 Å². The predicted molar refractivity (Wildman–Crippen MR) is 79.9 cm³/mol. The normalized spacial score (nSPS) is 29.3. The molecule has 0 spiro atoms. The second kappa shape index (κ2) is 3.99. The van der Waals surface area contributed by atoms with Crippen LogP contribution in [0.25, 0.3) is 10.8 Å². The number of benzene rings is 2. The fraction of sp³-hybridized carbons (Fsp3) is 0.375. The molecule has 1 nitrogen and oxygen atoms in total. The van der Waals surface area contributed by atoms with Crippen LogP contribution in [0.2, 0.25) is 0 Å². The molecule has 2 aromatic rings. The lowest BCUT2D eigenvalue weighted by Crippen LogP contribution is -2.18. The average molecular weight is 302 g/mol. The molecule has 0 aliphatic heterocycles. The van der Waals surface area contributed by atoms with Crippen LogP contribution in [-0.2, 0) is 0 Å². The van der Waals surface area contributed by atoms with Gasteiger partial charge in [0.05, 0.1) is 0 Å². The highest BCUT2D eigenvalue weighted by atomic mass is 79.9. The van der Waals surface area contributed by atoms with Crippen LogP contribution in [0.5, 0.6) is 0 Å². The summed E-state index contributed by atoms with van der Waals surface area (Å²) in [5.41, 5.74) is 1.28. The maximum Gasteiger partial charge on any atom is 0.0348 e. The number of hydrogen-bond acceptors (Lipinski definition) is 1. The van der Waals surface area contributed by atoms with Crippen LogP contribution in [-0.4, -0.2) is 6.04 Å². The van der Waals surface area contributed by atoms with Crippen molar-refractivity contribution in [3.8, 4) is 0 Å². The smallest absolute Gasteiger partial charge is 0.0348 e. The molecule has 0 amide bonds. The van der Waals surface area contributed by atoms with E-state index in [1.54, 1.807) is 0 Å². The highest BCUT2D eigenvalue weighted by Gasteiger charge is 2.47. The van der Waals surface area contributed by atoms with Crippen molar-refractivity contribution in [2.75, 3.05) is 5.32 Å². The maximum atomic E-state index is 3.73. The number of hydrogen-bond donors (Lipinski definition) is 1. The van der Waals surface area contributed by atoms with E-state index in [1.807, 2.05) is 0 Å². The van der Waals surface area contributed by atoms with Gasteiger partial charge in [0.1, 0.15) is 0 Å². The summed E-state index contributed by atoms with van der Waals surface area (Å²) in [4.78, 5) is 0. The van der Waals surface area contributed by atoms with Gasteiger partial charge in [-0.05, 0) is 66.1 Å². The minimum Gasteiger partial charge on any atom is -0.382 e. The summed E-state index contributed by atoms with van der Waals surface area (Å²) >= 11 is 3.52. The first kappa shape index (κ1) is 10.9. The zero-order valence-corrected chi connectivity index (χ0v) is 11.8. The molecular weight excluding hydrogens is 286 g/mol. The first-order chi connectivity index (χ1) is 8.79. The Hall–Kier alpha value is -1.02. The molecule has 2 fully saturated rings. The Kier molecular flexibility index (Phi) is 2.41. The monoisotopic (exact) mass is 301 g/mol. The van der Waals surface area contributed by atoms with Crippen LogP contribution in [0.4, 0.5) is 5.69 Å². The number of nitrogens with one attached hydrogen (secondary N) is 1. The molecule has 18 heavy (non-hydrogen) atoms. The van der Waals surface area contributed by atoms with E-state index in [-0.39, 0.29) is 0 Å². The van der Waals surface area contributed by atoms with Crippen molar-refractivity contribution in [1.82, 2.24) is 0 Å². The van der Waals surface area contributed by atoms with Crippen LogP contribution < -0.4 is 5.32 Å². The SMILES string of the molecule is Brc1ccc2cc(NC3CCC4CC43)ccc2c1. The van der Waals surface area contributed by atoms with E-state index in [2.05, 4.69) is 57.6 Å². The van der Waals surface area contributed by atoms with Crippen LogP contribution in [0.1, 0.15) is 19.3 Å². The second-order valence-corrected chi connectivity index (χ2v) is 6.61. The van der Waals surface area contributed by atoms with E-state index in [0.29, 0.717) is 0 Å². The van der Waals surface area contributed by atoms with E-state index >= 15 is 0 Å². The third-order valence-corrected chi connectivity index (χ3v) is 4.99. The molecule has 92 valence electrons. The molecule has 2 aliphatic carbocycles. The summed E-state index contributed by atoms with van der Waals surface area (Å²) in [7, 11) is 0. The van der Waals surface area contributed by atoms with Gasteiger partial charge in [-0.15, -0.1) is 0 Å². The van der Waals surface area contributed by atoms with Crippen LogP contribution in [0.15, 0.2) is 40.9 Å². The van der Waals surface area contributed by atoms with Crippen molar-refractivity contribution in [1.29, 1.82) is 0 Å². The summed E-state index contributed by atoms with van der Waals surface area (Å²) in [6.07, 6.45) is 4.24. The number of anilines is 1. The fourth-order valence-electron chi connectivity index (χ4n) is 3.40. The molecule has 2 aliphatic rings. The van der Waals surface area contributed by atoms with Gasteiger partial charge in [-0.2, -0.15) is 0 Å². The Morgan fingerprint density at radius 2 is 1.83 bits per heavy atom. The van der Waals surface area contributed by atoms with Crippen molar-refractivity contribution in [2.45, 2.75) is 25.3 Å². The van der Waals surface area contributed by atoms with Gasteiger partial charge in [-0.25, -0.2) is 0 Å². The van der Waals surface area contributed by atoms with Gasteiger partial charge in [0.25, 0.3) is 0 Å². The third-order valence-electron chi connectivity index (χ3n) is 4.50. The minimum absolute atomic E-state index is 0.725. The van der Waals surface area contributed by atoms with E-state index in [4.69, 9.17) is 0 Å². The van der Waals surface area contributed by atoms with Gasteiger partial charge >= 0.3 is 0 Å². The Morgan fingerprint density at radius 1 is 1.00 bits per heavy atom. The Morgan fingerprint density at radius 3 is 2.61 bits per heavy atom. The van der Waals surface area contributed by atoms with Crippen LogP contribution in [0.3, 0.4) is 0 Å². The average Bonchev–Trinajstić information content (AvgIpc) is 3.06. The van der Waals surface area contributed by atoms with Crippen LogP contribution >= 0.6 is 15.9 Å². The molecule has 0 radical (unpaired) electrons. The molecule has 2 saturated carbocycles. The van der Waals surface area contributed by atoms with Crippen molar-refractivity contribution >= 4 is 32.4 Å². The highest BCUT2D eigenvalue weighted by Crippen LogP contribution is 2.52. The lowest BCUT2D eigenvalue weighted by atomic mass is 10.1. The summed E-state index contributed by atoms with van der Waals surface area (Å²) < 4.78 is 1.15. The fourth-order valence-corrected chi connectivity index (χ4v) is 3.78. The topological polar surface area (TPSA) is 12.0 Å². The lowest BCUT2D eigenvalue weighted by molar-refractivity contribution is 0.654. The molecule has 0 heterocycles. The molecule has 0 aromatic heterocycles. The molecule has 1 N–H and O–H groups in total. The summed E-state index contributed by atoms with van der Waals surface area (Å²) in [5.74, 6) is 2.00. The molecule has 0 bridgehead atoms. The van der Waals surface area contributed by atoms with E-state index < -0.39 is 0 Å². The largest absolute Gasteiger partial charge is 0.382 e. The first-order valence-corrected chi connectivity index (χ1v) is 7.55. The van der Waals surface area contributed by atoms with Gasteiger partial charge in [-0.3, -0.25) is 0 Å². The maximum absolute atomic E-state index is 3.73. The quantitative estimate of drug-likeness (QED) is 0.839. The summed E-state index contributed by atoms with van der Waals surface area (Å²) in [5, 5.41) is 6.34. The van der Waals surface area contributed by atoms with Gasteiger partial charge in [0.2, 0.25) is 0 Å². The van der Waals surface area contributed by atoms with E-state index in [1.165, 1.54) is 35.7 Å². The lowest BCUT2D eigenvalue weighted by Gasteiger charge is -2.16. The third kappa shape index (κ3) is 1.83. The standard InChI is InChI=1S/C16H16BrN/c17-13-4-1-11-8-14(5-2-10(11)7-13)18-16-6-3-12-9-15(12)16/h1-2,4-5,7-8,12,15-16,18H,3,6,9H2. The zero-order chi connectivity index (χ0) is 12.1. The van der Waals surface area contributed by atoms with Crippen molar-refractivity contribution in [2.24, 2.45) is 11.8 Å². The minimum atomic E-state index is 0.725. The van der Waals surface area contributed by atoms with Gasteiger partial charge in [0.15, 0.2) is 0 Å². The Labute approximate surface area is 116 Å². The number of halogens is 1. The molecular formula is C16H16BrN. The molecule has 3 unspecified atom stereocenters. The zero-order valence-electron chi connectivity index (χ0n) is 10.2. The Bertz CT molecular complexity index is 607. The molecule has 2 aromatic carbocycles. The molecule has 3 atom stereocenters. The number of rotatable bonds is 2. The molecule has 2 heteroatoms. The van der Waals surface area contributed by atoms with E-state index in [0.717, 1.165) is 22.4 Å². The van der Waals surface area contributed by atoms with Gasteiger partial charge in [0, 0.05) is 16.2 Å². The predicted octanol–water partition coefficient (Wildman–Crippen LogP) is 4.81. The summed E-state index contributed by atoms with van der Waals surface area (Å²) in [6, 6.07) is 13.9. The van der Waals surface area contributed by atoms with Crippen molar-refractivity contribution < 1.29 is 0 Å².